The van der Waals surface area contributed by atoms with Gasteiger partial charge < -0.3 is 29.7 Å². The number of amides is 4. The fourth-order valence-corrected chi connectivity index (χ4v) is 8.71. The molecule has 2 saturated carbocycles. The number of para-hydroxylation sites is 1. The van der Waals surface area contributed by atoms with Crippen LogP contribution < -0.4 is 24.8 Å². The fourth-order valence-electron chi connectivity index (χ4n) is 7.35. The Morgan fingerprint density at radius 2 is 1.69 bits per heavy atom. The zero-order valence-corrected chi connectivity index (χ0v) is 36.5. The van der Waals surface area contributed by atoms with Crippen LogP contribution >= 0.6 is 11.6 Å². The zero-order chi connectivity index (χ0) is 45.7. The average molecular weight is 912 g/mol. The molecule has 3 fully saturated rings. The number of alkyl halides is 5. The van der Waals surface area contributed by atoms with Crippen molar-refractivity contribution in [3.8, 4) is 11.6 Å². The molecule has 0 radical (unpaired) electrons. The van der Waals surface area contributed by atoms with E-state index in [4.69, 9.17) is 30.0 Å². The number of alkyl carbamates (subject to hydrolysis) is 1. The second kappa shape index (κ2) is 16.8. The zero-order valence-electron chi connectivity index (χ0n) is 34.9. The third-order valence-corrected chi connectivity index (χ3v) is 12.2. The number of carbonyl (C=O) groups is 4. The number of pyridine rings is 1. The maximum atomic E-state index is 14.6. The highest BCUT2D eigenvalue weighted by atomic mass is 35.5. The summed E-state index contributed by atoms with van der Waals surface area (Å²) in [6.45, 7) is 9.78. The molecule has 0 spiro atoms. The van der Waals surface area contributed by atoms with Crippen LogP contribution in [0.4, 0.5) is 26.7 Å². The Bertz CT molecular complexity index is 2140. The number of aromatic nitrogens is 1. The van der Waals surface area contributed by atoms with E-state index in [0.29, 0.717) is 31.7 Å². The highest BCUT2D eigenvalue weighted by Crippen LogP contribution is 2.49. The second-order valence-corrected chi connectivity index (χ2v) is 19.2. The van der Waals surface area contributed by atoms with E-state index in [1.807, 2.05) is 0 Å². The van der Waals surface area contributed by atoms with Crippen molar-refractivity contribution >= 4 is 56.6 Å². The first-order chi connectivity index (χ1) is 28.0. The van der Waals surface area contributed by atoms with Crippen molar-refractivity contribution in [2.45, 2.75) is 141 Å². The number of hydrogen-bond acceptors (Lipinski definition) is 11. The van der Waals surface area contributed by atoms with Gasteiger partial charge in [-0.2, -0.15) is 21.6 Å². The number of nitrogens with one attached hydrogen (secondary N) is 3. The van der Waals surface area contributed by atoms with E-state index < -0.39 is 98.9 Å². The van der Waals surface area contributed by atoms with E-state index >= 15 is 0 Å². The summed E-state index contributed by atoms with van der Waals surface area (Å²) in [5, 5.41) is 5.58. The van der Waals surface area contributed by atoms with Gasteiger partial charge in [-0.25, -0.2) is 27.5 Å². The van der Waals surface area contributed by atoms with Crippen LogP contribution in [0.2, 0.25) is 5.02 Å². The Hall–Kier alpha value is -4.24. The molecular formula is C39H51ClF5N5O10S. The van der Waals surface area contributed by atoms with Crippen LogP contribution in [0.3, 0.4) is 0 Å². The first-order valence-corrected chi connectivity index (χ1v) is 21.5. The van der Waals surface area contributed by atoms with Crippen LogP contribution in [-0.2, 0) is 33.6 Å². The van der Waals surface area contributed by atoms with Gasteiger partial charge in [0.05, 0.1) is 29.3 Å². The minimum atomic E-state index is -4.96. The third-order valence-electron chi connectivity index (χ3n) is 10.9. The van der Waals surface area contributed by atoms with E-state index in [2.05, 4.69) is 15.6 Å². The first-order valence-electron chi connectivity index (χ1n) is 19.7. The lowest BCUT2D eigenvalue weighted by atomic mass is 9.85. The van der Waals surface area contributed by atoms with Gasteiger partial charge in [0.1, 0.15) is 29.5 Å². The van der Waals surface area contributed by atoms with E-state index in [1.165, 1.54) is 26.8 Å². The largest absolute Gasteiger partial charge is 0.488 e. The van der Waals surface area contributed by atoms with Crippen molar-refractivity contribution in [2.75, 3.05) is 13.2 Å². The number of rotatable bonds is 16. The number of ether oxygens (including phenoxy) is 3. The Morgan fingerprint density at radius 3 is 2.23 bits per heavy atom. The molecule has 340 valence electrons. The molecule has 3 N–H and O–H groups in total. The minimum absolute atomic E-state index is 0.0112. The van der Waals surface area contributed by atoms with Crippen molar-refractivity contribution in [3.05, 3.63) is 29.3 Å². The summed E-state index contributed by atoms with van der Waals surface area (Å²) in [5.74, 6) is -6.54. The molecule has 1 saturated heterocycles. The number of fused-ring (bicyclic) bond motifs is 1. The molecule has 1 aromatic carbocycles. The van der Waals surface area contributed by atoms with E-state index in [9.17, 15) is 49.5 Å². The molecule has 22 heteroatoms. The highest BCUT2D eigenvalue weighted by Gasteiger charge is 2.63. The molecule has 2 aliphatic carbocycles. The van der Waals surface area contributed by atoms with Crippen LogP contribution in [0.25, 0.3) is 10.9 Å². The molecule has 61 heavy (non-hydrogen) atoms. The smallest absolute Gasteiger partial charge is 0.427 e. The molecule has 2 heterocycles. The summed E-state index contributed by atoms with van der Waals surface area (Å²) in [6, 6.07) is 3.37. The first kappa shape index (κ1) is 47.8. The van der Waals surface area contributed by atoms with E-state index in [0.717, 1.165) is 4.90 Å². The predicted molar refractivity (Wildman–Crippen MR) is 210 cm³/mol. The third kappa shape index (κ3) is 11.1. The number of likely N-dealkylation sites (tertiary alicyclic amines) is 1. The van der Waals surface area contributed by atoms with Crippen molar-refractivity contribution < 1.29 is 67.9 Å². The molecule has 3 aliphatic rings. The van der Waals surface area contributed by atoms with Crippen LogP contribution in [0.1, 0.15) is 93.9 Å². The van der Waals surface area contributed by atoms with Crippen LogP contribution in [0, 0.1) is 11.3 Å². The lowest BCUT2D eigenvalue weighted by Crippen LogP contribution is -2.60. The van der Waals surface area contributed by atoms with Crippen molar-refractivity contribution in [3.63, 3.8) is 0 Å². The fraction of sp³-hybridized carbons (Fsp3) is 0.667. The van der Waals surface area contributed by atoms with E-state index in [-0.39, 0.29) is 61.9 Å². The van der Waals surface area contributed by atoms with Crippen molar-refractivity contribution in [1.82, 2.24) is 25.2 Å². The van der Waals surface area contributed by atoms with Gasteiger partial charge in [0.15, 0.2) is 0 Å². The van der Waals surface area contributed by atoms with Gasteiger partial charge in [-0.3, -0.25) is 14.4 Å². The molecule has 1 aromatic heterocycles. The maximum Gasteiger partial charge on any atom is 0.427 e. The van der Waals surface area contributed by atoms with Gasteiger partial charge in [-0.1, -0.05) is 51.8 Å². The Labute approximate surface area is 355 Å². The molecule has 15 nitrogen and oxygen atoms in total. The van der Waals surface area contributed by atoms with Crippen molar-refractivity contribution in [1.29, 1.82) is 0 Å². The SMILES string of the molecule is CCOc1cc(O[C@@H]2C[C@@H](C(=O)N[C@]3(C(=O)NS(=O)(=O)OC4(CC(C)(F)F)CC4)C[C@H]3CC)N(C(=O)[C@@H](NC(=O)OC(C)(C)C(F)(F)F)C(C)(C)C)C2)c2cccc(Cl)c2n1. The Kier molecular flexibility index (Phi) is 13.2. The van der Waals surface area contributed by atoms with Gasteiger partial charge in [-0.05, 0) is 70.4 Å². The number of benzene rings is 1. The Morgan fingerprint density at radius 1 is 1.03 bits per heavy atom. The summed E-state index contributed by atoms with van der Waals surface area (Å²) in [5.41, 5.74) is -7.34. The summed E-state index contributed by atoms with van der Waals surface area (Å²) >= 11 is 6.45. The van der Waals surface area contributed by atoms with E-state index in [1.54, 1.807) is 36.8 Å². The normalized spacial score (nSPS) is 23.2. The van der Waals surface area contributed by atoms with Gasteiger partial charge in [0.25, 0.3) is 5.91 Å². The van der Waals surface area contributed by atoms with Gasteiger partial charge in [0.2, 0.25) is 29.2 Å². The number of nitrogens with zero attached hydrogens (tertiary/aromatic N) is 2. The summed E-state index contributed by atoms with van der Waals surface area (Å²) in [6.07, 6.45) is -8.38. The molecule has 0 bridgehead atoms. The summed E-state index contributed by atoms with van der Waals surface area (Å²) < 4.78 is 118. The quantitative estimate of drug-likeness (QED) is 0.159. The molecule has 2 aromatic rings. The number of halogens is 6. The molecule has 0 unspecified atom stereocenters. The second-order valence-electron chi connectivity index (χ2n) is 17.5. The molecule has 5 atom stereocenters. The topological polar surface area (TPSA) is 192 Å². The average Bonchev–Trinajstić information content (AvgIpc) is 3.98. The van der Waals surface area contributed by atoms with Gasteiger partial charge >= 0.3 is 22.6 Å². The molecule has 1 aliphatic heterocycles. The summed E-state index contributed by atoms with van der Waals surface area (Å²) in [7, 11) is -4.95. The molecule has 5 rings (SSSR count). The standard InChI is InChI=1S/C39H51ClF5N5O10S/c1-9-21-18-38(21,32(53)49-61(55,56)60-37(14-15-37)20-36(8,41)42)48-30(51)25-16-22(58-26-17-27(57-10-2)46-28-23(26)12-11-13-24(28)40)19-50(25)31(52)29(34(3,4)5)47-33(54)59-35(6,7)39(43,44)45/h11-13,17,21-22,25,29H,9-10,14-16,18-20H2,1-8H3,(H,47,54)(H,48,51)(H,49,53)/t21-,22-,25+,29-,38-/m1/s1. The maximum absolute atomic E-state index is 14.6. The van der Waals surface area contributed by atoms with Crippen LogP contribution in [0.15, 0.2) is 24.3 Å². The monoisotopic (exact) mass is 911 g/mol. The molecular weight excluding hydrogens is 861 g/mol. The number of carbonyl (C=O) groups excluding carboxylic acids is 4. The lowest BCUT2D eigenvalue weighted by Gasteiger charge is -2.36. The lowest BCUT2D eigenvalue weighted by molar-refractivity contribution is -0.244. The predicted octanol–water partition coefficient (Wildman–Crippen LogP) is 6.36. The highest BCUT2D eigenvalue weighted by molar-refractivity contribution is 7.85. The van der Waals surface area contributed by atoms with Crippen LogP contribution in [0.5, 0.6) is 11.6 Å². The molecule has 4 amide bonds. The summed E-state index contributed by atoms with van der Waals surface area (Å²) in [4.78, 5) is 61.2. The van der Waals surface area contributed by atoms with Crippen molar-refractivity contribution in [2.24, 2.45) is 11.3 Å². The van der Waals surface area contributed by atoms with Crippen LogP contribution in [-0.4, -0.2) is 102 Å². The Balaban J connectivity index is 1.46. The number of hydrogen-bond donors (Lipinski definition) is 3. The van der Waals surface area contributed by atoms with Gasteiger partial charge in [0, 0.05) is 24.3 Å². The minimum Gasteiger partial charge on any atom is -0.488 e. The van der Waals surface area contributed by atoms with Gasteiger partial charge in [-0.15, -0.1) is 0 Å².